The van der Waals surface area contributed by atoms with Gasteiger partial charge in [0.05, 0.1) is 15.1 Å². The fourth-order valence-corrected chi connectivity index (χ4v) is 2.68. The number of rotatable bonds is 5. The molecule has 0 aliphatic carbocycles. The molecule has 0 radical (unpaired) electrons. The van der Waals surface area contributed by atoms with Gasteiger partial charge in [0.25, 0.3) is 0 Å². The van der Waals surface area contributed by atoms with E-state index in [1.165, 1.54) is 0 Å². The number of halogens is 2. The molecular weight excluding hydrogens is 312 g/mol. The molecule has 0 spiro atoms. The largest absolute Gasteiger partial charge is 0.387 e. The molecule has 0 aliphatic heterocycles. The predicted molar refractivity (Wildman–Crippen MR) is 74.4 cm³/mol. The topological polar surface area (TPSA) is 45.1 Å². The van der Waals surface area contributed by atoms with Gasteiger partial charge in [0.2, 0.25) is 0 Å². The number of thioether (sulfide) groups is 1. The molecule has 6 heteroatoms. The van der Waals surface area contributed by atoms with Gasteiger partial charge in [-0.2, -0.15) is 11.8 Å². The Morgan fingerprint density at radius 3 is 2.94 bits per heavy atom. The van der Waals surface area contributed by atoms with E-state index in [4.69, 9.17) is 11.6 Å². The van der Waals surface area contributed by atoms with Crippen molar-refractivity contribution in [2.24, 2.45) is 0 Å². The molecule has 3 nitrogen and oxygen atoms in total. The molecule has 1 aromatic rings. The van der Waals surface area contributed by atoms with Gasteiger partial charge < -0.3 is 10.4 Å². The molecular formula is C10H14BrClN2OS. The Bertz CT molecular complexity index is 363. The molecule has 0 aromatic carbocycles. The zero-order valence-electron chi connectivity index (χ0n) is 9.13. The average molecular weight is 326 g/mol. The highest BCUT2D eigenvalue weighted by Gasteiger charge is 2.19. The molecule has 0 saturated carbocycles. The molecule has 1 atom stereocenters. The highest BCUT2D eigenvalue weighted by Crippen LogP contribution is 2.23. The summed E-state index contributed by atoms with van der Waals surface area (Å²) in [6.07, 6.45) is 3.53. The zero-order valence-corrected chi connectivity index (χ0v) is 12.3. The van der Waals surface area contributed by atoms with E-state index in [0.29, 0.717) is 23.1 Å². The highest BCUT2D eigenvalue weighted by atomic mass is 79.9. The van der Waals surface area contributed by atoms with Crippen LogP contribution in [0.15, 0.2) is 16.7 Å². The molecule has 2 N–H and O–H groups in total. The van der Waals surface area contributed by atoms with Gasteiger partial charge in [-0.3, -0.25) is 0 Å². The van der Waals surface area contributed by atoms with E-state index in [2.05, 4.69) is 26.2 Å². The molecule has 1 heterocycles. The molecule has 0 amide bonds. The van der Waals surface area contributed by atoms with E-state index in [0.717, 1.165) is 4.47 Å². The Morgan fingerprint density at radius 2 is 2.38 bits per heavy atom. The van der Waals surface area contributed by atoms with Crippen LogP contribution in [-0.4, -0.2) is 34.2 Å². The number of nitrogens with one attached hydrogen (secondary N) is 1. The lowest BCUT2D eigenvalue weighted by Crippen LogP contribution is -2.36. The maximum Gasteiger partial charge on any atom is 0.140 e. The Balaban J connectivity index is 2.61. The van der Waals surface area contributed by atoms with Crippen LogP contribution in [-0.2, 0) is 0 Å². The second-order valence-electron chi connectivity index (χ2n) is 3.77. The van der Waals surface area contributed by atoms with Gasteiger partial charge >= 0.3 is 0 Å². The number of hydrogen-bond acceptors (Lipinski definition) is 4. The standard InChI is InChI=1S/C10H14BrClN2OS/c1-10(15,6-16-2)5-14-9-8(11)3-7(12)4-13-9/h3-4,15H,5-6H2,1-2H3,(H,13,14). The van der Waals surface area contributed by atoms with Crippen LogP contribution < -0.4 is 5.32 Å². The molecule has 0 fully saturated rings. The number of hydrogen-bond donors (Lipinski definition) is 2. The summed E-state index contributed by atoms with van der Waals surface area (Å²) in [6, 6.07) is 1.76. The SMILES string of the molecule is CSCC(C)(O)CNc1ncc(Cl)cc1Br. The third-order valence-electron chi connectivity index (χ3n) is 1.90. The summed E-state index contributed by atoms with van der Waals surface area (Å²) >= 11 is 10.7. The van der Waals surface area contributed by atoms with Crippen LogP contribution in [0, 0.1) is 0 Å². The van der Waals surface area contributed by atoms with Crippen molar-refractivity contribution in [2.45, 2.75) is 12.5 Å². The third-order valence-corrected chi connectivity index (χ3v) is 3.62. The maximum absolute atomic E-state index is 9.97. The lowest BCUT2D eigenvalue weighted by Gasteiger charge is -2.23. The fraction of sp³-hybridized carbons (Fsp3) is 0.500. The van der Waals surface area contributed by atoms with Crippen LogP contribution in [0.2, 0.25) is 5.02 Å². The first kappa shape index (κ1) is 14.1. The van der Waals surface area contributed by atoms with E-state index in [1.54, 1.807) is 30.9 Å². The lowest BCUT2D eigenvalue weighted by molar-refractivity contribution is 0.0996. The van der Waals surface area contributed by atoms with E-state index >= 15 is 0 Å². The summed E-state index contributed by atoms with van der Waals surface area (Å²) < 4.78 is 0.792. The zero-order chi connectivity index (χ0) is 12.2. The van der Waals surface area contributed by atoms with E-state index in [1.807, 2.05) is 6.26 Å². The second kappa shape index (κ2) is 6.10. The van der Waals surface area contributed by atoms with Crippen LogP contribution in [0.4, 0.5) is 5.82 Å². The number of anilines is 1. The van der Waals surface area contributed by atoms with Crippen LogP contribution in [0.25, 0.3) is 0 Å². The smallest absolute Gasteiger partial charge is 0.140 e. The number of nitrogens with zero attached hydrogens (tertiary/aromatic N) is 1. The minimum absolute atomic E-state index is 0.446. The number of aliphatic hydroxyl groups is 1. The maximum atomic E-state index is 9.97. The molecule has 1 unspecified atom stereocenters. The summed E-state index contributed by atoms with van der Waals surface area (Å²) in [5.74, 6) is 1.36. The molecule has 0 aliphatic rings. The van der Waals surface area contributed by atoms with Crippen molar-refractivity contribution in [3.05, 3.63) is 21.8 Å². The first-order valence-corrected chi connectivity index (χ1v) is 7.27. The van der Waals surface area contributed by atoms with Gasteiger partial charge in [0, 0.05) is 18.5 Å². The van der Waals surface area contributed by atoms with Gasteiger partial charge in [0.1, 0.15) is 5.82 Å². The van der Waals surface area contributed by atoms with Crippen LogP contribution in [0.5, 0.6) is 0 Å². The summed E-state index contributed by atoms with van der Waals surface area (Å²) in [6.45, 7) is 2.24. The molecule has 1 aromatic heterocycles. The Hall–Kier alpha value is 0.0300. The Morgan fingerprint density at radius 1 is 1.69 bits per heavy atom. The predicted octanol–water partition coefficient (Wildman–Crippen LogP) is 3.02. The van der Waals surface area contributed by atoms with Crippen molar-refractivity contribution in [3.8, 4) is 0 Å². The normalized spacial score (nSPS) is 14.6. The van der Waals surface area contributed by atoms with Crippen molar-refractivity contribution >= 4 is 45.1 Å². The average Bonchev–Trinajstić information content (AvgIpc) is 2.16. The van der Waals surface area contributed by atoms with E-state index in [9.17, 15) is 5.11 Å². The lowest BCUT2D eigenvalue weighted by atomic mass is 10.1. The minimum atomic E-state index is -0.750. The Labute approximate surface area is 113 Å². The van der Waals surface area contributed by atoms with Crippen LogP contribution in [0.3, 0.4) is 0 Å². The van der Waals surface area contributed by atoms with Crippen molar-refractivity contribution < 1.29 is 5.11 Å². The van der Waals surface area contributed by atoms with Crippen molar-refractivity contribution in [1.29, 1.82) is 0 Å². The summed E-state index contributed by atoms with van der Waals surface area (Å²) in [7, 11) is 0. The minimum Gasteiger partial charge on any atom is -0.387 e. The number of pyridine rings is 1. The molecule has 0 bridgehead atoms. The highest BCUT2D eigenvalue weighted by molar-refractivity contribution is 9.10. The first-order valence-electron chi connectivity index (χ1n) is 4.71. The monoisotopic (exact) mass is 324 g/mol. The second-order valence-corrected chi connectivity index (χ2v) is 5.92. The van der Waals surface area contributed by atoms with Crippen molar-refractivity contribution in [1.82, 2.24) is 4.98 Å². The van der Waals surface area contributed by atoms with E-state index in [-0.39, 0.29) is 0 Å². The first-order chi connectivity index (χ1) is 7.44. The summed E-state index contributed by atoms with van der Waals surface area (Å²) in [5.41, 5.74) is -0.750. The van der Waals surface area contributed by atoms with Crippen molar-refractivity contribution in [3.63, 3.8) is 0 Å². The molecule has 90 valence electrons. The van der Waals surface area contributed by atoms with Gasteiger partial charge in [-0.05, 0) is 35.2 Å². The van der Waals surface area contributed by atoms with E-state index < -0.39 is 5.60 Å². The van der Waals surface area contributed by atoms with Gasteiger partial charge in [-0.25, -0.2) is 4.98 Å². The summed E-state index contributed by atoms with van der Waals surface area (Å²) in [5, 5.41) is 13.6. The molecule has 16 heavy (non-hydrogen) atoms. The number of aromatic nitrogens is 1. The van der Waals surface area contributed by atoms with Gasteiger partial charge in [-0.1, -0.05) is 11.6 Å². The molecule has 1 rings (SSSR count). The Kier molecular flexibility index (Phi) is 5.37. The van der Waals surface area contributed by atoms with Crippen LogP contribution in [0.1, 0.15) is 6.92 Å². The third kappa shape index (κ3) is 4.49. The van der Waals surface area contributed by atoms with Crippen LogP contribution >= 0.6 is 39.3 Å². The summed E-state index contributed by atoms with van der Waals surface area (Å²) in [4.78, 5) is 4.13. The van der Waals surface area contributed by atoms with Gasteiger partial charge in [0.15, 0.2) is 0 Å². The molecule has 0 saturated heterocycles. The fourth-order valence-electron chi connectivity index (χ4n) is 1.18. The van der Waals surface area contributed by atoms with Crippen molar-refractivity contribution in [2.75, 3.05) is 23.9 Å². The van der Waals surface area contributed by atoms with Gasteiger partial charge in [-0.15, -0.1) is 0 Å². The quantitative estimate of drug-likeness (QED) is 0.873.